The summed E-state index contributed by atoms with van der Waals surface area (Å²) in [6, 6.07) is 0.762. The number of pyridine rings is 1. The number of ether oxygens (including phenoxy) is 2. The molecule has 1 fully saturated rings. The van der Waals surface area contributed by atoms with E-state index in [9.17, 15) is 9.59 Å². The molecule has 38 heavy (non-hydrogen) atoms. The topological polar surface area (TPSA) is 99.4 Å². The first-order valence-corrected chi connectivity index (χ1v) is 13.7. The van der Waals surface area contributed by atoms with Crippen LogP contribution in [0.4, 0.5) is 9.18 Å². The molecule has 2 aromatic heterocycles. The quantitative estimate of drug-likeness (QED) is 0.177. The van der Waals surface area contributed by atoms with Crippen molar-refractivity contribution in [2.75, 3.05) is 6.54 Å². The molecule has 0 unspecified atom stereocenters. The summed E-state index contributed by atoms with van der Waals surface area (Å²) in [6.45, 7) is 11.0. The molecule has 0 spiro atoms. The van der Waals surface area contributed by atoms with E-state index in [0.717, 1.165) is 0 Å². The van der Waals surface area contributed by atoms with Crippen LogP contribution in [0.3, 0.4) is 0 Å². The first-order chi connectivity index (χ1) is 17.6. The number of nitrogens with zero attached hydrogens (tertiary/aromatic N) is 5. The van der Waals surface area contributed by atoms with Crippen molar-refractivity contribution in [3.63, 3.8) is 0 Å². The minimum atomic E-state index is -0.702. The van der Waals surface area contributed by atoms with E-state index >= 15 is 4.39 Å². The zero-order valence-electron chi connectivity index (χ0n) is 21.9. The van der Waals surface area contributed by atoms with E-state index < -0.39 is 35.1 Å². The van der Waals surface area contributed by atoms with Crippen LogP contribution in [0.1, 0.15) is 66.8 Å². The highest BCUT2D eigenvalue weighted by molar-refractivity contribution is 9.10. The molecule has 0 N–H and O–H groups in total. The molecule has 1 aliphatic heterocycles. The third kappa shape index (κ3) is 5.99. The number of amides is 1. The van der Waals surface area contributed by atoms with Crippen molar-refractivity contribution < 1.29 is 23.5 Å². The molecule has 9 nitrogen and oxygen atoms in total. The number of carbonyl (C=O) groups excluding carboxylic acids is 2. The third-order valence-corrected chi connectivity index (χ3v) is 7.54. The van der Waals surface area contributed by atoms with E-state index in [2.05, 4.69) is 31.2 Å². The fourth-order valence-electron chi connectivity index (χ4n) is 4.55. The van der Waals surface area contributed by atoms with E-state index in [1.165, 1.54) is 0 Å². The largest absolute Gasteiger partial charge is 0.460 e. The standard InChI is InChI=1S/C25H29BrCl2FN5O4/c1-24(2,3)37-16(35)10-13-9-12(7-8-33(13)23(36)38-25(4,5)6)34-21-14-11-15(27)17(26)18(29)19(14)30-22(28)20(21)31-32-34/h11-13H,7-10H2,1-6H3/t12-,13-/m0/s1. The summed E-state index contributed by atoms with van der Waals surface area (Å²) < 4.78 is 27.9. The van der Waals surface area contributed by atoms with Gasteiger partial charge in [0, 0.05) is 18.0 Å². The molecule has 0 radical (unpaired) electrons. The van der Waals surface area contributed by atoms with Gasteiger partial charge in [0.2, 0.25) is 0 Å². The van der Waals surface area contributed by atoms with Gasteiger partial charge in [-0.25, -0.2) is 18.9 Å². The van der Waals surface area contributed by atoms with Gasteiger partial charge >= 0.3 is 12.1 Å². The average Bonchev–Trinajstić information content (AvgIpc) is 3.22. The molecule has 1 amide bonds. The summed E-state index contributed by atoms with van der Waals surface area (Å²) in [5.41, 5.74) is -0.578. The molecule has 0 bridgehead atoms. The van der Waals surface area contributed by atoms with Gasteiger partial charge in [-0.2, -0.15) is 0 Å². The molecule has 1 aliphatic rings. The van der Waals surface area contributed by atoms with Crippen LogP contribution >= 0.6 is 39.1 Å². The van der Waals surface area contributed by atoms with Crippen molar-refractivity contribution in [1.29, 1.82) is 0 Å². The maximum Gasteiger partial charge on any atom is 0.410 e. The smallest absolute Gasteiger partial charge is 0.410 e. The molecule has 3 heterocycles. The first-order valence-electron chi connectivity index (χ1n) is 12.1. The second kappa shape index (κ2) is 10.4. The highest BCUT2D eigenvalue weighted by Gasteiger charge is 2.38. The lowest BCUT2D eigenvalue weighted by atomic mass is 9.94. The van der Waals surface area contributed by atoms with Gasteiger partial charge in [0.15, 0.2) is 16.5 Å². The van der Waals surface area contributed by atoms with Gasteiger partial charge < -0.3 is 14.4 Å². The summed E-state index contributed by atoms with van der Waals surface area (Å²) in [6.07, 6.45) is 0.294. The van der Waals surface area contributed by atoms with Gasteiger partial charge in [-0.15, -0.1) is 5.10 Å². The van der Waals surface area contributed by atoms with Crippen LogP contribution < -0.4 is 0 Å². The normalized spacial score (nSPS) is 18.7. The van der Waals surface area contributed by atoms with Gasteiger partial charge in [0.25, 0.3) is 0 Å². The summed E-state index contributed by atoms with van der Waals surface area (Å²) in [4.78, 5) is 31.6. The lowest BCUT2D eigenvalue weighted by molar-refractivity contribution is -0.156. The first kappa shape index (κ1) is 28.8. The number of benzene rings is 1. The summed E-state index contributed by atoms with van der Waals surface area (Å²) in [5.74, 6) is -1.08. The Morgan fingerprint density at radius 1 is 1.13 bits per heavy atom. The number of carbonyl (C=O) groups is 2. The van der Waals surface area contributed by atoms with Gasteiger partial charge in [0.1, 0.15) is 22.2 Å². The highest BCUT2D eigenvalue weighted by atomic mass is 79.9. The number of hydrogen-bond acceptors (Lipinski definition) is 7. The Labute approximate surface area is 238 Å². The Morgan fingerprint density at radius 3 is 2.42 bits per heavy atom. The van der Waals surface area contributed by atoms with E-state index in [-0.39, 0.29) is 32.6 Å². The lowest BCUT2D eigenvalue weighted by Crippen LogP contribution is -2.49. The Kier molecular flexibility index (Phi) is 7.86. The molecular weight excluding hydrogens is 604 g/mol. The number of aromatic nitrogens is 4. The molecule has 2 atom stereocenters. The van der Waals surface area contributed by atoms with Crippen molar-refractivity contribution >= 4 is 73.1 Å². The number of halogens is 4. The molecule has 4 rings (SSSR count). The molecule has 0 saturated carbocycles. The number of piperidine rings is 1. The zero-order valence-corrected chi connectivity index (χ0v) is 25.0. The Morgan fingerprint density at radius 2 is 1.79 bits per heavy atom. The number of esters is 1. The second-order valence-corrected chi connectivity index (χ2v) is 12.9. The zero-order chi connectivity index (χ0) is 28.2. The Bertz CT molecular complexity index is 1420. The summed E-state index contributed by atoms with van der Waals surface area (Å²) in [5, 5.41) is 9.10. The molecule has 1 saturated heterocycles. The van der Waals surface area contributed by atoms with Crippen molar-refractivity contribution in [3.8, 4) is 0 Å². The SMILES string of the molecule is CC(C)(C)OC(=O)C[C@@H]1C[C@@H](n2nnc3c(Cl)nc4c(F)c(Br)c(Cl)cc4c32)CCN1C(=O)OC(C)(C)C. The fraction of sp³-hybridized carbons (Fsp3) is 0.560. The minimum absolute atomic E-state index is 0.00312. The molecule has 206 valence electrons. The van der Waals surface area contributed by atoms with E-state index in [4.69, 9.17) is 32.7 Å². The van der Waals surface area contributed by atoms with Crippen molar-refractivity contribution in [1.82, 2.24) is 24.9 Å². The van der Waals surface area contributed by atoms with Gasteiger partial charge in [-0.05, 0) is 76.4 Å². The molecule has 3 aromatic rings. The van der Waals surface area contributed by atoms with Crippen molar-refractivity contribution in [3.05, 3.63) is 26.5 Å². The van der Waals surface area contributed by atoms with Crippen molar-refractivity contribution in [2.24, 2.45) is 0 Å². The average molecular weight is 633 g/mol. The van der Waals surface area contributed by atoms with Crippen molar-refractivity contribution in [2.45, 2.75) is 84.1 Å². The van der Waals surface area contributed by atoms with Crippen LogP contribution in [0.5, 0.6) is 0 Å². The Hall–Kier alpha value is -2.24. The predicted molar refractivity (Wildman–Crippen MR) is 146 cm³/mol. The minimum Gasteiger partial charge on any atom is -0.460 e. The number of hydrogen-bond donors (Lipinski definition) is 0. The Balaban J connectivity index is 1.74. The van der Waals surface area contributed by atoms with E-state index in [0.29, 0.717) is 35.8 Å². The lowest BCUT2D eigenvalue weighted by Gasteiger charge is -2.40. The van der Waals surface area contributed by atoms with E-state index in [1.807, 2.05) is 0 Å². The maximum atomic E-state index is 15.1. The predicted octanol–water partition coefficient (Wildman–Crippen LogP) is 6.86. The van der Waals surface area contributed by atoms with Crippen LogP contribution in [0.25, 0.3) is 21.9 Å². The fourth-order valence-corrected chi connectivity index (χ4v) is 5.25. The van der Waals surface area contributed by atoms with Gasteiger partial charge in [-0.1, -0.05) is 28.4 Å². The van der Waals surface area contributed by atoms with E-state index in [1.54, 1.807) is 57.2 Å². The van der Waals surface area contributed by atoms with Gasteiger partial charge in [0.05, 0.1) is 22.0 Å². The maximum absolute atomic E-state index is 15.1. The van der Waals surface area contributed by atoms with Crippen LogP contribution in [0, 0.1) is 5.82 Å². The van der Waals surface area contributed by atoms with Crippen LogP contribution in [0.2, 0.25) is 10.2 Å². The van der Waals surface area contributed by atoms with Crippen LogP contribution in [-0.4, -0.2) is 60.7 Å². The monoisotopic (exact) mass is 631 g/mol. The molecule has 1 aromatic carbocycles. The molecule has 13 heteroatoms. The summed E-state index contributed by atoms with van der Waals surface area (Å²) >= 11 is 15.8. The number of likely N-dealkylation sites (tertiary alicyclic amines) is 1. The number of rotatable bonds is 3. The van der Waals surface area contributed by atoms with Gasteiger partial charge in [-0.3, -0.25) is 4.79 Å². The highest BCUT2D eigenvalue weighted by Crippen LogP contribution is 2.39. The number of fused-ring (bicyclic) bond motifs is 3. The second-order valence-electron chi connectivity index (χ2n) is 11.3. The summed E-state index contributed by atoms with van der Waals surface area (Å²) in [7, 11) is 0. The third-order valence-electron chi connectivity index (χ3n) is 5.98. The molecular formula is C25H29BrCl2FN5O4. The molecule has 0 aliphatic carbocycles. The van der Waals surface area contributed by atoms with Crippen LogP contribution in [0.15, 0.2) is 10.5 Å². The van der Waals surface area contributed by atoms with Crippen LogP contribution in [-0.2, 0) is 14.3 Å².